The fourth-order valence-corrected chi connectivity index (χ4v) is 4.28. The summed E-state index contributed by atoms with van der Waals surface area (Å²) >= 11 is 1.78. The van der Waals surface area contributed by atoms with E-state index in [-0.39, 0.29) is 0 Å². The molecule has 0 N–H and O–H groups in total. The number of rotatable bonds is 6. The zero-order chi connectivity index (χ0) is 18.5. The number of nitrogens with zero attached hydrogens (tertiary/aromatic N) is 4. The predicted octanol–water partition coefficient (Wildman–Crippen LogP) is 3.16. The molecular formula is C20H30N4OS. The zero-order valence-corrected chi connectivity index (χ0v) is 17.0. The lowest BCUT2D eigenvalue weighted by molar-refractivity contribution is -0.131. The minimum Gasteiger partial charge on any atom is -0.341 e. The number of imidazole rings is 1. The monoisotopic (exact) mass is 374 g/mol. The van der Waals surface area contributed by atoms with Crippen LogP contribution in [0.25, 0.3) is 0 Å². The molecule has 142 valence electrons. The molecular weight excluding hydrogens is 344 g/mol. The van der Waals surface area contributed by atoms with Gasteiger partial charge in [-0.2, -0.15) is 0 Å². The average molecular weight is 375 g/mol. The van der Waals surface area contributed by atoms with Crippen LogP contribution in [0.3, 0.4) is 0 Å². The van der Waals surface area contributed by atoms with Crippen LogP contribution in [0.15, 0.2) is 17.5 Å². The molecule has 2 aromatic rings. The maximum Gasteiger partial charge on any atom is 0.222 e. The highest BCUT2D eigenvalue weighted by atomic mass is 32.1. The van der Waals surface area contributed by atoms with Crippen LogP contribution in [-0.2, 0) is 24.8 Å². The van der Waals surface area contributed by atoms with E-state index in [1.165, 1.54) is 10.6 Å². The van der Waals surface area contributed by atoms with Gasteiger partial charge in [-0.1, -0.05) is 6.07 Å². The predicted molar refractivity (Wildman–Crippen MR) is 106 cm³/mol. The molecule has 1 saturated heterocycles. The number of amides is 1. The number of carbonyl (C=O) groups excluding carboxylic acids is 1. The maximum absolute atomic E-state index is 12.5. The van der Waals surface area contributed by atoms with E-state index < -0.39 is 0 Å². The first-order valence-electron chi connectivity index (χ1n) is 9.56. The van der Waals surface area contributed by atoms with Gasteiger partial charge in [0.05, 0.1) is 12.2 Å². The van der Waals surface area contributed by atoms with Crippen molar-refractivity contribution >= 4 is 17.2 Å². The Morgan fingerprint density at radius 1 is 1.23 bits per heavy atom. The molecule has 3 heterocycles. The number of hydrogen-bond donors (Lipinski definition) is 0. The van der Waals surface area contributed by atoms with Crippen molar-refractivity contribution in [2.45, 2.75) is 46.1 Å². The molecule has 0 atom stereocenters. The van der Waals surface area contributed by atoms with Gasteiger partial charge in [0, 0.05) is 50.2 Å². The van der Waals surface area contributed by atoms with Crippen LogP contribution in [0.2, 0.25) is 0 Å². The van der Waals surface area contributed by atoms with Crippen molar-refractivity contribution in [3.8, 4) is 0 Å². The summed E-state index contributed by atoms with van der Waals surface area (Å²) in [6.07, 6.45) is 3.67. The van der Waals surface area contributed by atoms with E-state index in [9.17, 15) is 4.79 Å². The van der Waals surface area contributed by atoms with Crippen molar-refractivity contribution < 1.29 is 4.79 Å². The third-order valence-corrected chi connectivity index (χ3v) is 6.35. The SMILES string of the molecule is Cc1nc(CN2CCCN(C(=O)CCCc3cccs3)CC2)n(C)c1C. The second kappa shape index (κ2) is 8.82. The number of carbonyl (C=O) groups is 1. The Kier molecular flexibility index (Phi) is 6.48. The molecule has 6 heteroatoms. The summed E-state index contributed by atoms with van der Waals surface area (Å²) in [6.45, 7) is 8.73. The number of hydrogen-bond acceptors (Lipinski definition) is 4. The summed E-state index contributed by atoms with van der Waals surface area (Å²) in [6, 6.07) is 4.23. The average Bonchev–Trinajstić information content (AvgIpc) is 3.13. The molecule has 0 radical (unpaired) electrons. The molecule has 0 unspecified atom stereocenters. The van der Waals surface area contributed by atoms with Crippen molar-refractivity contribution in [1.29, 1.82) is 0 Å². The lowest BCUT2D eigenvalue weighted by atomic mass is 10.2. The van der Waals surface area contributed by atoms with Crippen LogP contribution < -0.4 is 0 Å². The molecule has 26 heavy (non-hydrogen) atoms. The molecule has 5 nitrogen and oxygen atoms in total. The lowest BCUT2D eigenvalue weighted by Crippen LogP contribution is -2.35. The summed E-state index contributed by atoms with van der Waals surface area (Å²) in [4.78, 5) is 23.1. The fourth-order valence-electron chi connectivity index (χ4n) is 3.53. The fraction of sp³-hybridized carbons (Fsp3) is 0.600. The van der Waals surface area contributed by atoms with Gasteiger partial charge in [0.15, 0.2) is 0 Å². The third-order valence-electron chi connectivity index (χ3n) is 5.41. The second-order valence-electron chi connectivity index (χ2n) is 7.20. The largest absolute Gasteiger partial charge is 0.341 e. The minimum atomic E-state index is 0.312. The zero-order valence-electron chi connectivity index (χ0n) is 16.2. The Morgan fingerprint density at radius 2 is 2.08 bits per heavy atom. The number of aryl methyl sites for hydroxylation is 2. The molecule has 0 bridgehead atoms. The summed E-state index contributed by atoms with van der Waals surface area (Å²) in [5.41, 5.74) is 2.34. The normalized spacial score (nSPS) is 16.0. The number of thiophene rings is 1. The topological polar surface area (TPSA) is 41.4 Å². The van der Waals surface area contributed by atoms with Gasteiger partial charge in [0.2, 0.25) is 5.91 Å². The van der Waals surface area contributed by atoms with Crippen molar-refractivity contribution in [1.82, 2.24) is 19.4 Å². The summed E-state index contributed by atoms with van der Waals surface area (Å²) in [7, 11) is 2.09. The molecule has 0 aliphatic carbocycles. The first-order chi connectivity index (χ1) is 12.5. The first-order valence-corrected chi connectivity index (χ1v) is 10.4. The van der Waals surface area contributed by atoms with Crippen LogP contribution in [0.4, 0.5) is 0 Å². The van der Waals surface area contributed by atoms with Gasteiger partial charge < -0.3 is 9.47 Å². The Morgan fingerprint density at radius 3 is 2.77 bits per heavy atom. The standard InChI is InChI=1S/C20H30N4OS/c1-16-17(2)22(3)19(21-16)15-23-10-6-11-24(13-12-23)20(25)9-4-7-18-8-5-14-26-18/h5,8,14H,4,6-7,9-13,15H2,1-3H3. The Labute approximate surface area is 160 Å². The maximum atomic E-state index is 12.5. The van der Waals surface area contributed by atoms with Gasteiger partial charge in [-0.15, -0.1) is 11.3 Å². The first kappa shape index (κ1) is 19.1. The smallest absolute Gasteiger partial charge is 0.222 e. The van der Waals surface area contributed by atoms with Crippen LogP contribution in [-0.4, -0.2) is 51.4 Å². The highest BCUT2D eigenvalue weighted by Gasteiger charge is 2.20. The van der Waals surface area contributed by atoms with E-state index in [2.05, 4.69) is 52.8 Å². The van der Waals surface area contributed by atoms with E-state index in [0.717, 1.165) is 63.5 Å². The summed E-state index contributed by atoms with van der Waals surface area (Å²) in [5.74, 6) is 1.43. The minimum absolute atomic E-state index is 0.312. The Bertz CT molecular complexity index is 723. The van der Waals surface area contributed by atoms with Crippen LogP contribution >= 0.6 is 11.3 Å². The van der Waals surface area contributed by atoms with Gasteiger partial charge >= 0.3 is 0 Å². The molecule has 1 fully saturated rings. The highest BCUT2D eigenvalue weighted by Crippen LogP contribution is 2.15. The van der Waals surface area contributed by atoms with E-state index in [1.54, 1.807) is 11.3 Å². The van der Waals surface area contributed by atoms with Gasteiger partial charge in [-0.05, 0) is 44.6 Å². The van der Waals surface area contributed by atoms with Gasteiger partial charge in [0.25, 0.3) is 0 Å². The molecule has 1 amide bonds. The van der Waals surface area contributed by atoms with Crippen LogP contribution in [0.5, 0.6) is 0 Å². The van der Waals surface area contributed by atoms with Crippen LogP contribution in [0.1, 0.15) is 41.4 Å². The van der Waals surface area contributed by atoms with E-state index >= 15 is 0 Å². The Balaban J connectivity index is 1.46. The highest BCUT2D eigenvalue weighted by molar-refractivity contribution is 7.09. The number of aromatic nitrogens is 2. The molecule has 3 rings (SSSR count). The molecule has 0 saturated carbocycles. The quantitative estimate of drug-likeness (QED) is 0.780. The van der Waals surface area contributed by atoms with Gasteiger partial charge in [-0.25, -0.2) is 4.98 Å². The van der Waals surface area contributed by atoms with Crippen molar-refractivity contribution in [3.63, 3.8) is 0 Å². The third kappa shape index (κ3) is 4.74. The lowest BCUT2D eigenvalue weighted by Gasteiger charge is -2.22. The van der Waals surface area contributed by atoms with Crippen LogP contribution in [0, 0.1) is 13.8 Å². The summed E-state index contributed by atoms with van der Waals surface area (Å²) < 4.78 is 2.19. The molecule has 2 aromatic heterocycles. The van der Waals surface area contributed by atoms with E-state index in [4.69, 9.17) is 4.98 Å². The molecule has 1 aliphatic rings. The van der Waals surface area contributed by atoms with Crippen molar-refractivity contribution in [3.05, 3.63) is 39.6 Å². The van der Waals surface area contributed by atoms with E-state index in [0.29, 0.717) is 12.3 Å². The molecule has 0 aromatic carbocycles. The van der Waals surface area contributed by atoms with Crippen molar-refractivity contribution in [2.75, 3.05) is 26.2 Å². The molecule has 1 aliphatic heterocycles. The summed E-state index contributed by atoms with van der Waals surface area (Å²) in [5, 5.41) is 2.10. The Hall–Kier alpha value is -1.66. The second-order valence-corrected chi connectivity index (χ2v) is 8.23. The van der Waals surface area contributed by atoms with Gasteiger partial charge in [0.1, 0.15) is 5.82 Å². The van der Waals surface area contributed by atoms with Crippen molar-refractivity contribution in [2.24, 2.45) is 7.05 Å². The van der Waals surface area contributed by atoms with E-state index in [1.807, 2.05) is 0 Å². The van der Waals surface area contributed by atoms with Gasteiger partial charge in [-0.3, -0.25) is 9.69 Å². The molecule has 0 spiro atoms.